The molecule has 2 nitrogen and oxygen atoms in total. The van der Waals surface area contributed by atoms with Gasteiger partial charge in [0.2, 0.25) is 0 Å². The molecule has 1 aromatic carbocycles. The zero-order valence-electron chi connectivity index (χ0n) is 8.74. The van der Waals surface area contributed by atoms with Gasteiger partial charge in [-0.05, 0) is 12.5 Å². The Morgan fingerprint density at radius 2 is 1.81 bits per heavy atom. The van der Waals surface area contributed by atoms with Crippen LogP contribution in [0, 0.1) is 0 Å². The SMILES string of the molecule is CC(OCC(F)(F)F)C(O)c1ccccc1. The van der Waals surface area contributed by atoms with Gasteiger partial charge in [0, 0.05) is 0 Å². The molecule has 0 aliphatic carbocycles. The molecule has 0 fully saturated rings. The fraction of sp³-hybridized carbons (Fsp3) is 0.455. The van der Waals surface area contributed by atoms with Crippen LogP contribution in [0.2, 0.25) is 0 Å². The van der Waals surface area contributed by atoms with E-state index >= 15 is 0 Å². The average molecular weight is 234 g/mol. The van der Waals surface area contributed by atoms with E-state index in [1.165, 1.54) is 6.92 Å². The van der Waals surface area contributed by atoms with Crippen LogP contribution in [0.3, 0.4) is 0 Å². The molecular weight excluding hydrogens is 221 g/mol. The molecule has 0 saturated carbocycles. The summed E-state index contributed by atoms with van der Waals surface area (Å²) in [6.07, 6.45) is -6.32. The largest absolute Gasteiger partial charge is 0.411 e. The summed E-state index contributed by atoms with van der Waals surface area (Å²) in [6.45, 7) is 0.0570. The molecule has 0 aliphatic rings. The molecule has 0 spiro atoms. The van der Waals surface area contributed by atoms with Gasteiger partial charge >= 0.3 is 6.18 Å². The van der Waals surface area contributed by atoms with Crippen molar-refractivity contribution in [3.63, 3.8) is 0 Å². The van der Waals surface area contributed by atoms with Crippen LogP contribution in [0.25, 0.3) is 0 Å². The maximum Gasteiger partial charge on any atom is 0.411 e. The molecule has 0 aliphatic heterocycles. The second-order valence-corrected chi connectivity index (χ2v) is 3.49. The Balaban J connectivity index is 2.52. The van der Waals surface area contributed by atoms with Crippen LogP contribution in [0.15, 0.2) is 30.3 Å². The lowest BCUT2D eigenvalue weighted by molar-refractivity contribution is -0.193. The first kappa shape index (κ1) is 13.0. The molecule has 16 heavy (non-hydrogen) atoms. The Morgan fingerprint density at radius 3 is 2.31 bits per heavy atom. The summed E-state index contributed by atoms with van der Waals surface area (Å²) in [7, 11) is 0. The van der Waals surface area contributed by atoms with Crippen LogP contribution in [0.4, 0.5) is 13.2 Å². The van der Waals surface area contributed by atoms with E-state index in [1.807, 2.05) is 0 Å². The molecule has 2 atom stereocenters. The monoisotopic (exact) mass is 234 g/mol. The Labute approximate surface area is 91.7 Å². The van der Waals surface area contributed by atoms with Crippen molar-refractivity contribution >= 4 is 0 Å². The number of aliphatic hydroxyl groups excluding tert-OH is 1. The highest BCUT2D eigenvalue weighted by Gasteiger charge is 2.30. The van der Waals surface area contributed by atoms with Crippen LogP contribution in [0.5, 0.6) is 0 Å². The summed E-state index contributed by atoms with van der Waals surface area (Å²) in [5, 5.41) is 9.69. The van der Waals surface area contributed by atoms with Crippen molar-refractivity contribution in [3.8, 4) is 0 Å². The average Bonchev–Trinajstić information content (AvgIpc) is 2.25. The normalized spacial score (nSPS) is 15.8. The Morgan fingerprint density at radius 1 is 1.25 bits per heavy atom. The minimum absolute atomic E-state index is 0.539. The molecular formula is C11H13F3O2. The number of hydrogen-bond donors (Lipinski definition) is 1. The smallest absolute Gasteiger partial charge is 0.386 e. The molecule has 1 rings (SSSR count). The number of ether oxygens (including phenoxy) is 1. The number of aliphatic hydroxyl groups is 1. The van der Waals surface area contributed by atoms with Gasteiger partial charge in [0.25, 0.3) is 0 Å². The summed E-state index contributed by atoms with van der Waals surface area (Å²) in [6, 6.07) is 8.44. The summed E-state index contributed by atoms with van der Waals surface area (Å²) in [4.78, 5) is 0. The van der Waals surface area contributed by atoms with Crippen molar-refractivity contribution < 1.29 is 23.0 Å². The van der Waals surface area contributed by atoms with E-state index in [2.05, 4.69) is 4.74 Å². The summed E-state index contributed by atoms with van der Waals surface area (Å²) in [5.74, 6) is 0. The van der Waals surface area contributed by atoms with Crippen molar-refractivity contribution in [3.05, 3.63) is 35.9 Å². The second kappa shape index (κ2) is 5.32. The van der Waals surface area contributed by atoms with Crippen LogP contribution in [-0.2, 0) is 4.74 Å². The van der Waals surface area contributed by atoms with Crippen molar-refractivity contribution in [1.29, 1.82) is 0 Å². The first-order valence-electron chi connectivity index (χ1n) is 4.81. The predicted octanol–water partition coefficient (Wildman–Crippen LogP) is 2.69. The Kier molecular flexibility index (Phi) is 4.32. The van der Waals surface area contributed by atoms with Crippen LogP contribution in [-0.4, -0.2) is 24.0 Å². The molecule has 1 aromatic rings. The van der Waals surface area contributed by atoms with Crippen LogP contribution < -0.4 is 0 Å². The molecule has 0 heterocycles. The van der Waals surface area contributed by atoms with Gasteiger partial charge < -0.3 is 9.84 Å². The Hall–Kier alpha value is -1.07. The number of benzene rings is 1. The lowest BCUT2D eigenvalue weighted by Gasteiger charge is -2.20. The van der Waals surface area contributed by atoms with Gasteiger partial charge in [-0.25, -0.2) is 0 Å². The van der Waals surface area contributed by atoms with E-state index < -0.39 is 25.0 Å². The molecule has 1 N–H and O–H groups in total. The predicted molar refractivity (Wildman–Crippen MR) is 52.9 cm³/mol. The molecule has 0 radical (unpaired) electrons. The number of alkyl halides is 3. The highest BCUT2D eigenvalue weighted by Crippen LogP contribution is 2.21. The van der Waals surface area contributed by atoms with Crippen LogP contribution in [0.1, 0.15) is 18.6 Å². The number of rotatable bonds is 4. The third kappa shape index (κ3) is 4.20. The minimum atomic E-state index is -4.37. The molecule has 0 bridgehead atoms. The van der Waals surface area contributed by atoms with Crippen molar-refractivity contribution in [2.75, 3.05) is 6.61 Å². The maximum absolute atomic E-state index is 11.9. The van der Waals surface area contributed by atoms with E-state index in [-0.39, 0.29) is 0 Å². The van der Waals surface area contributed by atoms with E-state index in [0.29, 0.717) is 5.56 Å². The van der Waals surface area contributed by atoms with Crippen LogP contribution >= 0.6 is 0 Å². The van der Waals surface area contributed by atoms with Gasteiger partial charge in [0.05, 0.1) is 6.10 Å². The van der Waals surface area contributed by atoms with Crippen molar-refractivity contribution in [2.45, 2.75) is 25.3 Å². The molecule has 0 saturated heterocycles. The quantitative estimate of drug-likeness (QED) is 0.867. The standard InChI is InChI=1S/C11H13F3O2/c1-8(16-7-11(12,13)14)10(15)9-5-3-2-4-6-9/h2-6,8,10,15H,7H2,1H3. The van der Waals surface area contributed by atoms with Gasteiger partial charge in [0.1, 0.15) is 12.7 Å². The Bertz CT molecular complexity index is 311. The molecule has 0 aromatic heterocycles. The first-order chi connectivity index (χ1) is 7.40. The third-order valence-corrected chi connectivity index (χ3v) is 2.10. The van der Waals surface area contributed by atoms with Gasteiger partial charge in [0.15, 0.2) is 0 Å². The first-order valence-corrected chi connectivity index (χ1v) is 4.81. The molecule has 2 unspecified atom stereocenters. The summed E-state index contributed by atoms with van der Waals surface area (Å²) >= 11 is 0. The molecule has 5 heteroatoms. The van der Waals surface area contributed by atoms with E-state index in [1.54, 1.807) is 30.3 Å². The lowest BCUT2D eigenvalue weighted by atomic mass is 10.1. The molecule has 0 amide bonds. The van der Waals surface area contributed by atoms with E-state index in [0.717, 1.165) is 0 Å². The van der Waals surface area contributed by atoms with Crippen molar-refractivity contribution in [1.82, 2.24) is 0 Å². The van der Waals surface area contributed by atoms with Gasteiger partial charge in [-0.3, -0.25) is 0 Å². The second-order valence-electron chi connectivity index (χ2n) is 3.49. The van der Waals surface area contributed by atoms with Gasteiger partial charge in [-0.15, -0.1) is 0 Å². The fourth-order valence-electron chi connectivity index (χ4n) is 1.24. The fourth-order valence-corrected chi connectivity index (χ4v) is 1.24. The third-order valence-electron chi connectivity index (χ3n) is 2.10. The highest BCUT2D eigenvalue weighted by molar-refractivity contribution is 5.18. The minimum Gasteiger partial charge on any atom is -0.386 e. The van der Waals surface area contributed by atoms with Gasteiger partial charge in [-0.2, -0.15) is 13.2 Å². The van der Waals surface area contributed by atoms with E-state index in [4.69, 9.17) is 0 Å². The zero-order valence-corrected chi connectivity index (χ0v) is 8.74. The van der Waals surface area contributed by atoms with Crippen molar-refractivity contribution in [2.24, 2.45) is 0 Å². The number of hydrogen-bond acceptors (Lipinski definition) is 2. The highest BCUT2D eigenvalue weighted by atomic mass is 19.4. The lowest BCUT2D eigenvalue weighted by Crippen LogP contribution is -2.25. The van der Waals surface area contributed by atoms with Gasteiger partial charge in [-0.1, -0.05) is 30.3 Å². The number of halogens is 3. The molecule has 90 valence electrons. The summed E-state index contributed by atoms with van der Waals surface area (Å²) in [5.41, 5.74) is 0.539. The topological polar surface area (TPSA) is 29.5 Å². The van der Waals surface area contributed by atoms with E-state index in [9.17, 15) is 18.3 Å². The zero-order chi connectivity index (χ0) is 12.2. The maximum atomic E-state index is 11.9. The summed E-state index contributed by atoms with van der Waals surface area (Å²) < 4.78 is 40.2.